The molecule has 1 saturated heterocycles. The van der Waals surface area contributed by atoms with Crippen LogP contribution in [0.1, 0.15) is 20.3 Å². The van der Waals surface area contributed by atoms with E-state index in [1.807, 2.05) is 13.8 Å². The zero-order valence-corrected chi connectivity index (χ0v) is 8.73. The van der Waals surface area contributed by atoms with Gasteiger partial charge >= 0.3 is 0 Å². The number of hydrogen-bond donors (Lipinski definition) is 0. The average molecular weight is 190 g/mol. The quantitative estimate of drug-likeness (QED) is 0.624. The highest BCUT2D eigenvalue weighted by atomic mass is 32.2. The molecule has 1 fully saturated rings. The fourth-order valence-corrected chi connectivity index (χ4v) is 3.49. The normalized spacial score (nSPS) is 36.1. The van der Waals surface area contributed by atoms with Gasteiger partial charge in [0.15, 0.2) is 0 Å². The lowest BCUT2D eigenvalue weighted by molar-refractivity contribution is 0.0569. The third-order valence-electron chi connectivity index (χ3n) is 2.10. The van der Waals surface area contributed by atoms with Gasteiger partial charge in [-0.3, -0.25) is 4.21 Å². The lowest BCUT2D eigenvalue weighted by Gasteiger charge is -2.11. The monoisotopic (exact) mass is 190 g/mol. The van der Waals surface area contributed by atoms with Gasteiger partial charge in [-0.15, -0.1) is 0 Å². The summed E-state index contributed by atoms with van der Waals surface area (Å²) in [6.45, 7) is 4.80. The number of ether oxygens (including phenoxy) is 1. The Bertz CT molecular complexity index is 229. The molecule has 3 heteroatoms. The lowest BCUT2D eigenvalue weighted by atomic mass is 10.1. The Hall–Kier alpha value is -0.0200. The third-order valence-corrected chi connectivity index (χ3v) is 4.16. The molecule has 0 bridgehead atoms. The summed E-state index contributed by atoms with van der Waals surface area (Å²) in [6, 6.07) is 0. The molecular weight excluding hydrogens is 172 g/mol. The van der Waals surface area contributed by atoms with Gasteiger partial charge in [-0.05, 0) is 41.6 Å². The van der Waals surface area contributed by atoms with Crippen LogP contribution >= 0.6 is 0 Å². The Morgan fingerprint density at radius 3 is 2.75 bits per heavy atom. The molecule has 0 saturated carbocycles. The topological polar surface area (TPSA) is 26.3 Å². The van der Waals surface area contributed by atoms with Gasteiger partial charge in [0.05, 0.1) is 12.7 Å². The zero-order chi connectivity index (χ0) is 9.19. The van der Waals surface area contributed by atoms with Crippen LogP contribution in [0.4, 0.5) is 0 Å². The summed E-state index contributed by atoms with van der Waals surface area (Å²) in [5, 5.41) is 0. The van der Waals surface area contributed by atoms with Gasteiger partial charge in [-0.2, -0.15) is 0 Å². The van der Waals surface area contributed by atoms with Crippen molar-refractivity contribution >= 4 is 15.4 Å². The predicted molar refractivity (Wildman–Crippen MR) is 54.2 cm³/mol. The van der Waals surface area contributed by atoms with Gasteiger partial charge in [-0.1, -0.05) is 0 Å². The molecular formula is C9H18O2S. The van der Waals surface area contributed by atoms with Crippen LogP contribution in [0.5, 0.6) is 0 Å². The van der Waals surface area contributed by atoms with Gasteiger partial charge in [-0.25, -0.2) is 0 Å². The molecule has 1 rings (SSSR count). The van der Waals surface area contributed by atoms with E-state index in [1.165, 1.54) is 0 Å². The van der Waals surface area contributed by atoms with E-state index < -0.39 is 9.52 Å². The molecule has 0 radical (unpaired) electrons. The van der Waals surface area contributed by atoms with Crippen LogP contribution in [-0.2, 0) is 14.3 Å². The van der Waals surface area contributed by atoms with E-state index in [1.54, 1.807) is 0 Å². The van der Waals surface area contributed by atoms with Crippen molar-refractivity contribution in [1.82, 2.24) is 0 Å². The molecule has 0 aromatic carbocycles. The van der Waals surface area contributed by atoms with Crippen molar-refractivity contribution in [2.24, 2.45) is 5.92 Å². The maximum absolute atomic E-state index is 11.5. The molecule has 0 aromatic rings. The molecule has 0 aliphatic carbocycles. The molecule has 1 aliphatic heterocycles. The first-order chi connectivity index (χ1) is 5.49. The number of hydrogen-bond acceptors (Lipinski definition) is 2. The summed E-state index contributed by atoms with van der Waals surface area (Å²) >= 11 is 0. The molecule has 1 aliphatic rings. The third kappa shape index (κ3) is 3.15. The molecule has 1 heterocycles. The standard InChI is InChI=1S/C9H18O2S/c1-8(2)11-6-9-4-5-12(3,10)7-9/h8-9H,3-7H2,1-2H3. The molecule has 0 spiro atoms. The molecule has 2 nitrogen and oxygen atoms in total. The second-order valence-corrected chi connectivity index (χ2v) is 6.55. The molecule has 12 heavy (non-hydrogen) atoms. The van der Waals surface area contributed by atoms with Crippen LogP contribution in [-0.4, -0.2) is 34.3 Å². The van der Waals surface area contributed by atoms with E-state index in [0.29, 0.717) is 5.92 Å². The average Bonchev–Trinajstić information content (AvgIpc) is 2.26. The second kappa shape index (κ2) is 3.79. The molecule has 2 unspecified atom stereocenters. The Kier molecular flexibility index (Phi) is 3.18. The SMILES string of the molecule is C=S1(=O)CCC(COC(C)C)C1. The lowest BCUT2D eigenvalue weighted by Crippen LogP contribution is -2.14. The van der Waals surface area contributed by atoms with E-state index in [-0.39, 0.29) is 6.10 Å². The summed E-state index contributed by atoms with van der Waals surface area (Å²) in [6.07, 6.45) is 1.31. The van der Waals surface area contributed by atoms with E-state index in [2.05, 4.69) is 5.87 Å². The van der Waals surface area contributed by atoms with E-state index in [0.717, 1.165) is 24.5 Å². The first-order valence-corrected chi connectivity index (χ1v) is 6.50. The fraction of sp³-hybridized carbons (Fsp3) is 0.889. The predicted octanol–water partition coefficient (Wildman–Crippen LogP) is 1.15. The van der Waals surface area contributed by atoms with Gasteiger partial charge in [0, 0.05) is 11.5 Å². The van der Waals surface area contributed by atoms with Crippen LogP contribution in [0.15, 0.2) is 0 Å². The highest BCUT2D eigenvalue weighted by molar-refractivity contribution is 8.00. The summed E-state index contributed by atoms with van der Waals surface area (Å²) in [4.78, 5) is 0. The Morgan fingerprint density at radius 2 is 2.33 bits per heavy atom. The molecule has 0 amide bonds. The minimum absolute atomic E-state index is 0.284. The molecule has 0 N–H and O–H groups in total. The Morgan fingerprint density at radius 1 is 1.67 bits per heavy atom. The van der Waals surface area contributed by atoms with Crippen LogP contribution < -0.4 is 0 Å². The van der Waals surface area contributed by atoms with E-state index in [9.17, 15) is 4.21 Å². The maximum atomic E-state index is 11.5. The van der Waals surface area contributed by atoms with Crippen molar-refractivity contribution in [3.8, 4) is 0 Å². The Balaban J connectivity index is 2.29. The summed E-state index contributed by atoms with van der Waals surface area (Å²) in [5.41, 5.74) is 0. The Labute approximate surface area is 75.3 Å². The van der Waals surface area contributed by atoms with Gasteiger partial charge in [0.1, 0.15) is 0 Å². The van der Waals surface area contributed by atoms with Gasteiger partial charge in [0.25, 0.3) is 0 Å². The van der Waals surface area contributed by atoms with E-state index >= 15 is 0 Å². The largest absolute Gasteiger partial charge is 0.378 e. The van der Waals surface area contributed by atoms with Gasteiger partial charge in [0.2, 0.25) is 0 Å². The fourth-order valence-electron chi connectivity index (χ4n) is 1.44. The van der Waals surface area contributed by atoms with Crippen LogP contribution in [0.3, 0.4) is 0 Å². The minimum atomic E-state index is -1.72. The minimum Gasteiger partial charge on any atom is -0.378 e. The van der Waals surface area contributed by atoms with Crippen LogP contribution in [0.25, 0.3) is 0 Å². The van der Waals surface area contributed by atoms with Crippen molar-refractivity contribution in [3.05, 3.63) is 0 Å². The van der Waals surface area contributed by atoms with Gasteiger partial charge < -0.3 is 4.74 Å². The highest BCUT2D eigenvalue weighted by Gasteiger charge is 2.23. The zero-order valence-electron chi connectivity index (χ0n) is 7.91. The smallest absolute Gasteiger partial charge is 0.0519 e. The maximum Gasteiger partial charge on any atom is 0.0519 e. The summed E-state index contributed by atoms with van der Waals surface area (Å²) in [5.74, 6) is 5.76. The van der Waals surface area contributed by atoms with Crippen LogP contribution in [0, 0.1) is 5.92 Å². The first-order valence-electron chi connectivity index (χ1n) is 4.44. The van der Waals surface area contributed by atoms with Crippen molar-refractivity contribution < 1.29 is 8.95 Å². The van der Waals surface area contributed by atoms with Crippen molar-refractivity contribution in [2.75, 3.05) is 18.1 Å². The highest BCUT2D eigenvalue weighted by Crippen LogP contribution is 2.18. The summed E-state index contributed by atoms with van der Waals surface area (Å²) < 4.78 is 16.9. The first kappa shape index (κ1) is 10.1. The molecule has 72 valence electrons. The van der Waals surface area contributed by atoms with Crippen molar-refractivity contribution in [3.63, 3.8) is 0 Å². The second-order valence-electron chi connectivity index (χ2n) is 3.87. The number of rotatable bonds is 3. The van der Waals surface area contributed by atoms with Crippen molar-refractivity contribution in [1.29, 1.82) is 0 Å². The van der Waals surface area contributed by atoms with Crippen molar-refractivity contribution in [2.45, 2.75) is 26.4 Å². The van der Waals surface area contributed by atoms with Crippen LogP contribution in [0.2, 0.25) is 0 Å². The van der Waals surface area contributed by atoms with E-state index in [4.69, 9.17) is 4.74 Å². The summed E-state index contributed by atoms with van der Waals surface area (Å²) in [7, 11) is -1.72. The molecule has 2 atom stereocenters. The molecule has 0 aromatic heterocycles.